The second kappa shape index (κ2) is 2.77. The first-order valence-electron chi connectivity index (χ1n) is 3.24. The largest absolute Gasteiger partial charge is 0.459 e. The monoisotopic (exact) mass is 162 g/mol. The second-order valence-electron chi connectivity index (χ2n) is 2.57. The highest BCUT2D eigenvalue weighted by Gasteiger charge is 2.31. The van der Waals surface area contributed by atoms with Gasteiger partial charge in [0.05, 0.1) is 6.61 Å². The molecular formula is C6H10O5. The van der Waals surface area contributed by atoms with Crippen LogP contribution in [-0.2, 0) is 14.3 Å². The topological polar surface area (TPSA) is 79.3 Å². The molecule has 0 radical (unpaired) electrons. The Bertz CT molecular complexity index is 155. The van der Waals surface area contributed by atoms with Gasteiger partial charge in [0.25, 0.3) is 5.79 Å². The number of epoxide rings is 1. The van der Waals surface area contributed by atoms with Crippen LogP contribution in [0.15, 0.2) is 0 Å². The number of hydrogen-bond donors (Lipinski definition) is 2. The molecule has 0 aromatic carbocycles. The van der Waals surface area contributed by atoms with Gasteiger partial charge < -0.3 is 19.7 Å². The Labute approximate surface area is 63.5 Å². The first-order chi connectivity index (χ1) is 5.00. The summed E-state index contributed by atoms with van der Waals surface area (Å²) < 4.78 is 9.20. The van der Waals surface area contributed by atoms with Crippen LogP contribution in [0.25, 0.3) is 0 Å². The van der Waals surface area contributed by atoms with Crippen LogP contribution in [0.5, 0.6) is 0 Å². The van der Waals surface area contributed by atoms with Gasteiger partial charge in [-0.2, -0.15) is 0 Å². The molecule has 2 N–H and O–H groups in total. The van der Waals surface area contributed by atoms with E-state index in [9.17, 15) is 4.79 Å². The van der Waals surface area contributed by atoms with Crippen molar-refractivity contribution in [3.8, 4) is 0 Å². The SMILES string of the molecule is CC(O)(O)C(=O)OCC1CO1. The molecule has 1 heterocycles. The Morgan fingerprint density at radius 1 is 1.82 bits per heavy atom. The van der Waals surface area contributed by atoms with Gasteiger partial charge in [0.15, 0.2) is 0 Å². The van der Waals surface area contributed by atoms with E-state index in [0.29, 0.717) is 6.61 Å². The normalized spacial score (nSPS) is 23.0. The molecule has 0 aliphatic carbocycles. The van der Waals surface area contributed by atoms with Crippen molar-refractivity contribution >= 4 is 5.97 Å². The maximum atomic E-state index is 10.6. The molecule has 1 atom stereocenters. The molecule has 0 saturated carbocycles. The molecule has 0 spiro atoms. The Balaban J connectivity index is 2.19. The van der Waals surface area contributed by atoms with Gasteiger partial charge >= 0.3 is 5.97 Å². The van der Waals surface area contributed by atoms with Gasteiger partial charge in [-0.05, 0) is 0 Å². The Morgan fingerprint density at radius 3 is 2.73 bits per heavy atom. The lowest BCUT2D eigenvalue weighted by atomic mass is 10.3. The highest BCUT2D eigenvalue weighted by Crippen LogP contribution is 2.10. The van der Waals surface area contributed by atoms with Crippen LogP contribution in [0.3, 0.4) is 0 Å². The van der Waals surface area contributed by atoms with Gasteiger partial charge in [-0.15, -0.1) is 0 Å². The van der Waals surface area contributed by atoms with E-state index in [4.69, 9.17) is 14.9 Å². The zero-order chi connectivity index (χ0) is 8.48. The molecule has 1 aliphatic rings. The summed E-state index contributed by atoms with van der Waals surface area (Å²) in [5.41, 5.74) is 0. The lowest BCUT2D eigenvalue weighted by molar-refractivity contribution is -0.203. The van der Waals surface area contributed by atoms with E-state index in [1.165, 1.54) is 0 Å². The summed E-state index contributed by atoms with van der Waals surface area (Å²) in [4.78, 5) is 10.6. The zero-order valence-corrected chi connectivity index (χ0v) is 6.11. The lowest BCUT2D eigenvalue weighted by Crippen LogP contribution is -2.36. The van der Waals surface area contributed by atoms with Crippen LogP contribution in [-0.4, -0.2) is 41.3 Å². The van der Waals surface area contributed by atoms with Gasteiger partial charge in [-0.25, -0.2) is 4.79 Å². The van der Waals surface area contributed by atoms with Crippen LogP contribution < -0.4 is 0 Å². The van der Waals surface area contributed by atoms with E-state index in [0.717, 1.165) is 6.92 Å². The van der Waals surface area contributed by atoms with E-state index in [-0.39, 0.29) is 12.7 Å². The fraction of sp³-hybridized carbons (Fsp3) is 0.833. The van der Waals surface area contributed by atoms with Crippen LogP contribution in [0, 0.1) is 0 Å². The van der Waals surface area contributed by atoms with Crippen molar-refractivity contribution in [3.63, 3.8) is 0 Å². The minimum atomic E-state index is -2.39. The van der Waals surface area contributed by atoms with Gasteiger partial charge in [-0.3, -0.25) is 0 Å². The van der Waals surface area contributed by atoms with Gasteiger partial charge in [0, 0.05) is 6.92 Å². The summed E-state index contributed by atoms with van der Waals surface area (Å²) in [6.45, 7) is 1.61. The minimum Gasteiger partial charge on any atom is -0.459 e. The highest BCUT2D eigenvalue weighted by molar-refractivity contribution is 5.76. The Morgan fingerprint density at radius 2 is 2.36 bits per heavy atom. The standard InChI is InChI=1S/C6H10O5/c1-6(8,9)5(7)11-3-4-2-10-4/h4,8-9H,2-3H2,1H3. The summed E-state index contributed by atoms with van der Waals surface area (Å²) in [6, 6.07) is 0. The molecule has 5 heteroatoms. The lowest BCUT2D eigenvalue weighted by Gasteiger charge is -2.13. The summed E-state index contributed by atoms with van der Waals surface area (Å²) in [6.07, 6.45) is -0.0544. The number of carbonyl (C=O) groups is 1. The second-order valence-corrected chi connectivity index (χ2v) is 2.57. The van der Waals surface area contributed by atoms with Crippen LogP contribution >= 0.6 is 0 Å². The summed E-state index contributed by atoms with van der Waals surface area (Å²) in [5.74, 6) is -3.44. The van der Waals surface area contributed by atoms with Crippen LogP contribution in [0.4, 0.5) is 0 Å². The van der Waals surface area contributed by atoms with Gasteiger partial charge in [0.2, 0.25) is 0 Å². The number of rotatable bonds is 3. The van der Waals surface area contributed by atoms with Crippen molar-refractivity contribution < 1.29 is 24.5 Å². The summed E-state index contributed by atoms with van der Waals surface area (Å²) >= 11 is 0. The van der Waals surface area contributed by atoms with E-state index in [1.807, 2.05) is 0 Å². The number of ether oxygens (including phenoxy) is 2. The van der Waals surface area contributed by atoms with Crippen molar-refractivity contribution in [2.24, 2.45) is 0 Å². The number of esters is 1. The average Bonchev–Trinajstić information content (AvgIpc) is 2.62. The van der Waals surface area contributed by atoms with Crippen molar-refractivity contribution in [1.82, 2.24) is 0 Å². The first-order valence-corrected chi connectivity index (χ1v) is 3.24. The fourth-order valence-electron chi connectivity index (χ4n) is 0.470. The van der Waals surface area contributed by atoms with Crippen LogP contribution in [0.1, 0.15) is 6.92 Å². The summed E-state index contributed by atoms with van der Waals surface area (Å²) in [7, 11) is 0. The third kappa shape index (κ3) is 2.83. The van der Waals surface area contributed by atoms with Crippen molar-refractivity contribution in [2.75, 3.05) is 13.2 Å². The molecule has 0 aromatic heterocycles. The minimum absolute atomic E-state index is 0.0544. The maximum absolute atomic E-state index is 10.6. The van der Waals surface area contributed by atoms with E-state index in [1.54, 1.807) is 0 Å². The first kappa shape index (κ1) is 8.45. The van der Waals surface area contributed by atoms with E-state index >= 15 is 0 Å². The Kier molecular flexibility index (Phi) is 2.12. The Hall–Kier alpha value is -0.650. The molecule has 0 bridgehead atoms. The molecular weight excluding hydrogens is 152 g/mol. The van der Waals surface area contributed by atoms with Crippen molar-refractivity contribution in [3.05, 3.63) is 0 Å². The molecule has 1 unspecified atom stereocenters. The van der Waals surface area contributed by atoms with Crippen molar-refractivity contribution in [1.29, 1.82) is 0 Å². The molecule has 11 heavy (non-hydrogen) atoms. The molecule has 64 valence electrons. The maximum Gasteiger partial charge on any atom is 0.366 e. The third-order valence-electron chi connectivity index (χ3n) is 1.19. The third-order valence-corrected chi connectivity index (χ3v) is 1.19. The predicted octanol–water partition coefficient (Wildman–Crippen LogP) is -1.37. The molecule has 0 amide bonds. The zero-order valence-electron chi connectivity index (χ0n) is 6.11. The van der Waals surface area contributed by atoms with E-state index < -0.39 is 11.8 Å². The smallest absolute Gasteiger partial charge is 0.366 e. The molecule has 1 saturated heterocycles. The summed E-state index contributed by atoms with van der Waals surface area (Å²) in [5, 5.41) is 17.3. The molecule has 1 fully saturated rings. The quantitative estimate of drug-likeness (QED) is 0.304. The predicted molar refractivity (Wildman–Crippen MR) is 33.5 cm³/mol. The molecule has 1 aliphatic heterocycles. The van der Waals surface area contributed by atoms with Crippen molar-refractivity contribution in [2.45, 2.75) is 18.8 Å². The highest BCUT2D eigenvalue weighted by atomic mass is 16.6. The fourth-order valence-corrected chi connectivity index (χ4v) is 0.470. The number of carbonyl (C=O) groups excluding carboxylic acids is 1. The molecule has 1 rings (SSSR count). The number of hydrogen-bond acceptors (Lipinski definition) is 5. The van der Waals surface area contributed by atoms with Gasteiger partial charge in [0.1, 0.15) is 12.7 Å². The average molecular weight is 162 g/mol. The number of aliphatic hydroxyl groups is 2. The van der Waals surface area contributed by atoms with Gasteiger partial charge in [-0.1, -0.05) is 0 Å². The van der Waals surface area contributed by atoms with E-state index in [2.05, 4.69) is 4.74 Å². The molecule has 0 aromatic rings. The van der Waals surface area contributed by atoms with Crippen LogP contribution in [0.2, 0.25) is 0 Å². The molecule has 5 nitrogen and oxygen atoms in total.